The van der Waals surface area contributed by atoms with Gasteiger partial charge < -0.3 is 20.2 Å². The maximum Gasteiger partial charge on any atom is 0.254 e. The molecule has 0 radical (unpaired) electrons. The van der Waals surface area contributed by atoms with Crippen molar-refractivity contribution < 1.29 is 20.1 Å². The van der Waals surface area contributed by atoms with Crippen LogP contribution in [0.15, 0.2) is 18.2 Å². The lowest BCUT2D eigenvalue weighted by atomic mass is 9.97. The number of phenolic OH excluding ortho intramolecular Hbond substituents is 2. The first-order valence-corrected chi connectivity index (χ1v) is 6.03. The van der Waals surface area contributed by atoms with Gasteiger partial charge in [-0.25, -0.2) is 0 Å². The van der Waals surface area contributed by atoms with E-state index >= 15 is 0 Å². The number of carbonyl (C=O) groups is 1. The third kappa shape index (κ3) is 2.73. The number of hydrogen-bond acceptors (Lipinski definition) is 4. The average Bonchev–Trinajstić information content (AvgIpc) is 2.37. The molecule has 0 atom stereocenters. The van der Waals surface area contributed by atoms with Gasteiger partial charge in [-0.05, 0) is 30.9 Å². The van der Waals surface area contributed by atoms with Crippen LogP contribution in [0.2, 0.25) is 0 Å². The monoisotopic (exact) mass is 251 g/mol. The van der Waals surface area contributed by atoms with Gasteiger partial charge in [-0.15, -0.1) is 0 Å². The highest BCUT2D eigenvalue weighted by molar-refractivity contribution is 5.95. The Kier molecular flexibility index (Phi) is 3.72. The molecule has 5 heteroatoms. The summed E-state index contributed by atoms with van der Waals surface area (Å²) in [6.45, 7) is 1.36. The summed E-state index contributed by atoms with van der Waals surface area (Å²) in [4.78, 5) is 13.8. The number of phenols is 2. The molecule has 0 unspecified atom stereocenters. The summed E-state index contributed by atoms with van der Waals surface area (Å²) in [5, 5.41) is 27.8. The van der Waals surface area contributed by atoms with Crippen LogP contribution in [0, 0.1) is 5.92 Å². The van der Waals surface area contributed by atoms with E-state index in [2.05, 4.69) is 0 Å². The summed E-state index contributed by atoms with van der Waals surface area (Å²) in [5.74, 6) is -0.170. The summed E-state index contributed by atoms with van der Waals surface area (Å²) in [6, 6.07) is 3.88. The van der Waals surface area contributed by atoms with E-state index in [9.17, 15) is 15.0 Å². The zero-order valence-corrected chi connectivity index (χ0v) is 10.0. The Morgan fingerprint density at radius 3 is 2.22 bits per heavy atom. The molecule has 1 fully saturated rings. The molecule has 1 aromatic rings. The normalized spacial score (nSPS) is 16.8. The molecule has 1 aliphatic heterocycles. The second-order valence-corrected chi connectivity index (χ2v) is 4.66. The topological polar surface area (TPSA) is 81.0 Å². The van der Waals surface area contributed by atoms with Gasteiger partial charge in [0.15, 0.2) is 0 Å². The molecule has 5 nitrogen and oxygen atoms in total. The Bertz CT molecular complexity index is 418. The Labute approximate surface area is 105 Å². The van der Waals surface area contributed by atoms with Crippen molar-refractivity contribution in [3.05, 3.63) is 23.8 Å². The minimum atomic E-state index is -0.197. The Morgan fingerprint density at radius 2 is 1.72 bits per heavy atom. The van der Waals surface area contributed by atoms with E-state index in [-0.39, 0.29) is 35.5 Å². The first-order valence-electron chi connectivity index (χ1n) is 6.03. The summed E-state index contributed by atoms with van der Waals surface area (Å²) >= 11 is 0. The molecule has 0 saturated carbocycles. The largest absolute Gasteiger partial charge is 0.508 e. The zero-order valence-electron chi connectivity index (χ0n) is 10.0. The van der Waals surface area contributed by atoms with Crippen LogP contribution >= 0.6 is 0 Å². The molecule has 3 N–H and O–H groups in total. The fourth-order valence-electron chi connectivity index (χ4n) is 2.22. The van der Waals surface area contributed by atoms with Gasteiger partial charge in [0.25, 0.3) is 5.91 Å². The molecular weight excluding hydrogens is 234 g/mol. The highest BCUT2D eigenvalue weighted by atomic mass is 16.3. The van der Waals surface area contributed by atoms with E-state index in [1.165, 1.54) is 18.2 Å². The van der Waals surface area contributed by atoms with Gasteiger partial charge in [-0.3, -0.25) is 4.79 Å². The molecule has 98 valence electrons. The van der Waals surface area contributed by atoms with E-state index in [0.717, 1.165) is 12.8 Å². The summed E-state index contributed by atoms with van der Waals surface area (Å²) in [5.41, 5.74) is 0.287. The van der Waals surface area contributed by atoms with E-state index < -0.39 is 0 Å². The van der Waals surface area contributed by atoms with Gasteiger partial charge in [0, 0.05) is 31.3 Å². The quantitative estimate of drug-likeness (QED) is 0.730. The first kappa shape index (κ1) is 12.7. The van der Waals surface area contributed by atoms with Crippen molar-refractivity contribution in [3.8, 4) is 11.5 Å². The molecule has 1 aromatic carbocycles. The van der Waals surface area contributed by atoms with Crippen LogP contribution in [0.3, 0.4) is 0 Å². The molecular formula is C13H17NO4. The number of rotatable bonds is 2. The number of carbonyl (C=O) groups excluding carboxylic acids is 1. The van der Waals surface area contributed by atoms with E-state index in [1.54, 1.807) is 4.90 Å². The third-order valence-electron chi connectivity index (χ3n) is 3.31. The standard InChI is InChI=1S/C13H17NO4/c15-8-9-1-3-14(4-2-9)13(18)10-5-11(16)7-12(17)6-10/h5-7,9,15-17H,1-4,8H2. The Hall–Kier alpha value is -1.75. The van der Waals surface area contributed by atoms with Crippen LogP contribution in [0.4, 0.5) is 0 Å². The first-order chi connectivity index (χ1) is 8.60. The number of likely N-dealkylation sites (tertiary alicyclic amines) is 1. The van der Waals surface area contributed by atoms with Gasteiger partial charge in [-0.2, -0.15) is 0 Å². The van der Waals surface area contributed by atoms with Crippen molar-refractivity contribution in [1.82, 2.24) is 4.90 Å². The molecule has 0 spiro atoms. The van der Waals surface area contributed by atoms with Gasteiger partial charge in [0.05, 0.1) is 0 Å². The maximum absolute atomic E-state index is 12.1. The summed E-state index contributed by atoms with van der Waals surface area (Å²) in [6.07, 6.45) is 1.57. The highest BCUT2D eigenvalue weighted by Crippen LogP contribution is 2.23. The smallest absolute Gasteiger partial charge is 0.254 e. The van der Waals surface area contributed by atoms with Crippen LogP contribution in [0.5, 0.6) is 11.5 Å². The average molecular weight is 251 g/mol. The van der Waals surface area contributed by atoms with Gasteiger partial charge in [0.1, 0.15) is 11.5 Å². The number of hydrogen-bond donors (Lipinski definition) is 3. The highest BCUT2D eigenvalue weighted by Gasteiger charge is 2.23. The van der Waals surface area contributed by atoms with E-state index in [1.807, 2.05) is 0 Å². The van der Waals surface area contributed by atoms with Crippen molar-refractivity contribution in [1.29, 1.82) is 0 Å². The van der Waals surface area contributed by atoms with Crippen LogP contribution in [0.1, 0.15) is 23.2 Å². The van der Waals surface area contributed by atoms with Gasteiger partial charge in [0.2, 0.25) is 0 Å². The number of piperidine rings is 1. The lowest BCUT2D eigenvalue weighted by molar-refractivity contribution is 0.0650. The van der Waals surface area contributed by atoms with E-state index in [0.29, 0.717) is 13.1 Å². The molecule has 1 saturated heterocycles. The molecule has 18 heavy (non-hydrogen) atoms. The lowest BCUT2D eigenvalue weighted by Crippen LogP contribution is -2.39. The van der Waals surface area contributed by atoms with E-state index in [4.69, 9.17) is 5.11 Å². The minimum absolute atomic E-state index is 0.122. The number of nitrogens with zero attached hydrogens (tertiary/aromatic N) is 1. The third-order valence-corrected chi connectivity index (χ3v) is 3.31. The van der Waals surface area contributed by atoms with Crippen LogP contribution in [-0.4, -0.2) is 45.8 Å². The number of aliphatic hydroxyl groups excluding tert-OH is 1. The van der Waals surface area contributed by atoms with Crippen LogP contribution < -0.4 is 0 Å². The van der Waals surface area contributed by atoms with Gasteiger partial charge in [-0.1, -0.05) is 0 Å². The SMILES string of the molecule is O=C(c1cc(O)cc(O)c1)N1CCC(CO)CC1. The Balaban J connectivity index is 2.07. The van der Waals surface area contributed by atoms with Crippen molar-refractivity contribution in [2.75, 3.05) is 19.7 Å². The predicted molar refractivity (Wildman–Crippen MR) is 65.5 cm³/mol. The molecule has 0 bridgehead atoms. The molecule has 0 aliphatic carbocycles. The number of aromatic hydroxyl groups is 2. The van der Waals surface area contributed by atoms with Crippen LogP contribution in [-0.2, 0) is 0 Å². The number of amides is 1. The maximum atomic E-state index is 12.1. The van der Waals surface area contributed by atoms with Gasteiger partial charge >= 0.3 is 0 Å². The van der Waals surface area contributed by atoms with Crippen LogP contribution in [0.25, 0.3) is 0 Å². The lowest BCUT2D eigenvalue weighted by Gasteiger charge is -2.31. The molecule has 1 amide bonds. The fraction of sp³-hybridized carbons (Fsp3) is 0.462. The van der Waals surface area contributed by atoms with Crippen molar-refractivity contribution in [2.45, 2.75) is 12.8 Å². The fourth-order valence-corrected chi connectivity index (χ4v) is 2.22. The second kappa shape index (κ2) is 5.27. The van der Waals surface area contributed by atoms with Crippen molar-refractivity contribution in [2.24, 2.45) is 5.92 Å². The molecule has 1 aliphatic rings. The molecule has 1 heterocycles. The van der Waals surface area contributed by atoms with Crippen molar-refractivity contribution in [3.63, 3.8) is 0 Å². The summed E-state index contributed by atoms with van der Waals surface area (Å²) < 4.78 is 0. The zero-order chi connectivity index (χ0) is 13.1. The summed E-state index contributed by atoms with van der Waals surface area (Å²) in [7, 11) is 0. The number of benzene rings is 1. The van der Waals surface area contributed by atoms with Crippen molar-refractivity contribution >= 4 is 5.91 Å². The second-order valence-electron chi connectivity index (χ2n) is 4.66. The minimum Gasteiger partial charge on any atom is -0.508 e. The molecule has 0 aromatic heterocycles. The number of aliphatic hydroxyl groups is 1. The Morgan fingerprint density at radius 1 is 1.17 bits per heavy atom. The molecule has 2 rings (SSSR count). The predicted octanol–water partition coefficient (Wildman–Crippen LogP) is 0.942.